The number of fused-ring (bicyclic) bond motifs is 2. The quantitative estimate of drug-likeness (QED) is 0.467. The molecule has 2 aromatic carbocycles. The standard InChI is InChI=1S/C14H7BrClNO4S.ClH/c15-8-5-9(22(16,20)21)12(17)11-10(8)13(18)6-3-1-2-4-7(6)14(11)19;/h1-5H,17H2;1H. The summed E-state index contributed by atoms with van der Waals surface area (Å²) in [4.78, 5) is 24.8. The molecule has 2 N–H and O–H groups in total. The summed E-state index contributed by atoms with van der Waals surface area (Å²) < 4.78 is 23.3. The van der Waals surface area contributed by atoms with Crippen molar-refractivity contribution in [1.29, 1.82) is 0 Å². The van der Waals surface area contributed by atoms with E-state index < -0.39 is 25.5 Å². The Kier molecular flexibility index (Phi) is 4.60. The highest BCUT2D eigenvalue weighted by atomic mass is 79.9. The van der Waals surface area contributed by atoms with Crippen LogP contribution in [0.1, 0.15) is 31.8 Å². The third-order valence-electron chi connectivity index (χ3n) is 3.41. The average molecular weight is 437 g/mol. The number of halogens is 3. The minimum absolute atomic E-state index is 0. The van der Waals surface area contributed by atoms with Crippen molar-refractivity contribution in [2.24, 2.45) is 0 Å². The molecule has 0 unspecified atom stereocenters. The Morgan fingerprint density at radius 1 is 1.00 bits per heavy atom. The zero-order chi connectivity index (χ0) is 16.2. The van der Waals surface area contributed by atoms with E-state index in [4.69, 9.17) is 16.4 Å². The first kappa shape index (κ1) is 17.9. The van der Waals surface area contributed by atoms with Gasteiger partial charge in [-0.15, -0.1) is 12.4 Å². The van der Waals surface area contributed by atoms with Crippen molar-refractivity contribution in [3.05, 3.63) is 57.1 Å². The Balaban J connectivity index is 0.00000192. The summed E-state index contributed by atoms with van der Waals surface area (Å²) in [6.07, 6.45) is 0. The molecule has 0 spiro atoms. The van der Waals surface area contributed by atoms with Gasteiger partial charge < -0.3 is 5.73 Å². The number of carbonyl (C=O) groups excluding carboxylic acids is 2. The highest BCUT2D eigenvalue weighted by Crippen LogP contribution is 2.39. The van der Waals surface area contributed by atoms with E-state index in [2.05, 4.69) is 15.9 Å². The fourth-order valence-corrected chi connectivity index (χ4v) is 4.22. The molecule has 0 heterocycles. The van der Waals surface area contributed by atoms with Crippen LogP contribution in [-0.2, 0) is 9.05 Å². The largest absolute Gasteiger partial charge is 0.397 e. The molecule has 120 valence electrons. The number of ketones is 2. The van der Waals surface area contributed by atoms with Crippen LogP contribution < -0.4 is 5.73 Å². The van der Waals surface area contributed by atoms with Gasteiger partial charge >= 0.3 is 0 Å². The monoisotopic (exact) mass is 435 g/mol. The van der Waals surface area contributed by atoms with Crippen molar-refractivity contribution in [1.82, 2.24) is 0 Å². The van der Waals surface area contributed by atoms with E-state index in [1.807, 2.05) is 0 Å². The summed E-state index contributed by atoms with van der Waals surface area (Å²) in [5, 5.41) is 0. The van der Waals surface area contributed by atoms with Crippen molar-refractivity contribution >= 4 is 65.3 Å². The van der Waals surface area contributed by atoms with Gasteiger partial charge in [0.2, 0.25) is 0 Å². The molecule has 3 rings (SSSR count). The SMILES string of the molecule is Cl.Nc1c(S(=O)(=O)Cl)cc(Br)c2c1C(=O)c1ccccc1C2=O. The molecule has 1 aliphatic carbocycles. The Hall–Kier alpha value is -1.41. The number of nitrogen functional groups attached to an aromatic ring is 1. The topological polar surface area (TPSA) is 94.3 Å². The number of benzene rings is 2. The summed E-state index contributed by atoms with van der Waals surface area (Å²) in [5.74, 6) is -0.909. The minimum Gasteiger partial charge on any atom is -0.397 e. The predicted octanol–water partition coefficient (Wildman–Crippen LogP) is 3.16. The molecule has 0 fully saturated rings. The van der Waals surface area contributed by atoms with E-state index in [-0.39, 0.29) is 44.8 Å². The number of hydrogen-bond donors (Lipinski definition) is 1. The van der Waals surface area contributed by atoms with Crippen LogP contribution in [0.4, 0.5) is 5.69 Å². The fourth-order valence-electron chi connectivity index (χ4n) is 2.45. The molecule has 0 atom stereocenters. The van der Waals surface area contributed by atoms with Gasteiger partial charge in [0.25, 0.3) is 9.05 Å². The molecule has 0 radical (unpaired) electrons. The van der Waals surface area contributed by atoms with Crippen LogP contribution >= 0.6 is 39.0 Å². The number of anilines is 1. The summed E-state index contributed by atoms with van der Waals surface area (Å²) >= 11 is 3.13. The van der Waals surface area contributed by atoms with E-state index in [0.717, 1.165) is 6.07 Å². The van der Waals surface area contributed by atoms with Gasteiger partial charge in [-0.1, -0.05) is 24.3 Å². The van der Waals surface area contributed by atoms with Gasteiger partial charge in [0.05, 0.1) is 16.8 Å². The maximum atomic E-state index is 12.6. The van der Waals surface area contributed by atoms with E-state index in [0.29, 0.717) is 0 Å². The summed E-state index contributed by atoms with van der Waals surface area (Å²) in [6.45, 7) is 0. The first-order chi connectivity index (χ1) is 10.2. The molecule has 0 aliphatic heterocycles. The normalized spacial score (nSPS) is 13.1. The van der Waals surface area contributed by atoms with E-state index >= 15 is 0 Å². The number of hydrogen-bond acceptors (Lipinski definition) is 5. The molecular weight excluding hydrogens is 429 g/mol. The number of nitrogens with two attached hydrogens (primary N) is 1. The molecule has 9 heteroatoms. The highest BCUT2D eigenvalue weighted by Gasteiger charge is 2.35. The van der Waals surface area contributed by atoms with Gasteiger partial charge in [-0.05, 0) is 22.0 Å². The molecular formula is C14H8BrCl2NO4S. The molecule has 2 aromatic rings. The van der Waals surface area contributed by atoms with Gasteiger partial charge in [-0.25, -0.2) is 8.42 Å². The van der Waals surface area contributed by atoms with E-state index in [1.165, 1.54) is 12.1 Å². The summed E-state index contributed by atoms with van der Waals surface area (Å²) in [7, 11) is 1.18. The zero-order valence-corrected chi connectivity index (χ0v) is 15.1. The van der Waals surface area contributed by atoms with Gasteiger partial charge in [-0.2, -0.15) is 0 Å². The Bertz CT molecular complexity index is 973. The number of rotatable bonds is 1. The maximum absolute atomic E-state index is 12.6. The second-order valence-corrected chi connectivity index (χ2v) is 8.05. The van der Waals surface area contributed by atoms with Crippen LogP contribution in [0.2, 0.25) is 0 Å². The van der Waals surface area contributed by atoms with Crippen molar-refractivity contribution in [2.75, 3.05) is 5.73 Å². The molecule has 23 heavy (non-hydrogen) atoms. The lowest BCUT2D eigenvalue weighted by atomic mass is 9.83. The smallest absolute Gasteiger partial charge is 0.263 e. The molecule has 0 amide bonds. The lowest BCUT2D eigenvalue weighted by Crippen LogP contribution is -2.24. The second kappa shape index (κ2) is 5.90. The van der Waals surface area contributed by atoms with E-state index in [9.17, 15) is 18.0 Å². The van der Waals surface area contributed by atoms with Gasteiger partial charge in [0.1, 0.15) is 4.90 Å². The Morgan fingerprint density at radius 3 is 1.96 bits per heavy atom. The molecule has 5 nitrogen and oxygen atoms in total. The van der Waals surface area contributed by atoms with E-state index in [1.54, 1.807) is 12.1 Å². The van der Waals surface area contributed by atoms with Crippen LogP contribution in [0.25, 0.3) is 0 Å². The van der Waals surface area contributed by atoms with Gasteiger partial charge in [0, 0.05) is 26.3 Å². The first-order valence-corrected chi connectivity index (χ1v) is 9.08. The highest BCUT2D eigenvalue weighted by molar-refractivity contribution is 9.10. The Morgan fingerprint density at radius 2 is 1.48 bits per heavy atom. The zero-order valence-electron chi connectivity index (χ0n) is 11.2. The summed E-state index contributed by atoms with van der Waals surface area (Å²) in [5.41, 5.74) is 5.83. The van der Waals surface area contributed by atoms with Crippen LogP contribution in [0, 0.1) is 0 Å². The van der Waals surface area contributed by atoms with Crippen molar-refractivity contribution in [2.45, 2.75) is 4.90 Å². The molecule has 0 saturated carbocycles. The van der Waals surface area contributed by atoms with Crippen molar-refractivity contribution in [3.8, 4) is 0 Å². The molecule has 0 bridgehead atoms. The van der Waals surface area contributed by atoms with Crippen LogP contribution in [0.3, 0.4) is 0 Å². The third kappa shape index (κ3) is 2.67. The maximum Gasteiger partial charge on any atom is 0.263 e. The van der Waals surface area contributed by atoms with Gasteiger partial charge in [0.15, 0.2) is 11.6 Å². The lowest BCUT2D eigenvalue weighted by Gasteiger charge is -2.21. The minimum atomic E-state index is -4.15. The predicted molar refractivity (Wildman–Crippen MR) is 92.1 cm³/mol. The van der Waals surface area contributed by atoms with Crippen molar-refractivity contribution < 1.29 is 18.0 Å². The van der Waals surface area contributed by atoms with Crippen LogP contribution in [0.5, 0.6) is 0 Å². The van der Waals surface area contributed by atoms with Gasteiger partial charge in [-0.3, -0.25) is 9.59 Å². The molecule has 1 aliphatic rings. The van der Waals surface area contributed by atoms with Crippen molar-refractivity contribution in [3.63, 3.8) is 0 Å². The molecule has 0 saturated heterocycles. The lowest BCUT2D eigenvalue weighted by molar-refractivity contribution is 0.0979. The molecule has 0 aromatic heterocycles. The third-order valence-corrected chi connectivity index (χ3v) is 5.40. The van der Waals surface area contributed by atoms with Crippen LogP contribution in [0.15, 0.2) is 39.7 Å². The number of carbonyl (C=O) groups is 2. The Labute approximate surface area is 150 Å². The first-order valence-electron chi connectivity index (χ1n) is 5.98. The van der Waals surface area contributed by atoms with Crippen LogP contribution in [-0.4, -0.2) is 20.0 Å². The second-order valence-electron chi connectivity index (χ2n) is 4.66. The average Bonchev–Trinajstić information content (AvgIpc) is 2.45. The fraction of sp³-hybridized carbons (Fsp3) is 0. The summed E-state index contributed by atoms with van der Waals surface area (Å²) in [6, 6.07) is 7.42.